The number of hydrogen-bond donors (Lipinski definition) is 2. The van der Waals surface area contributed by atoms with Crippen LogP contribution in [0.15, 0.2) is 24.3 Å². The van der Waals surface area contributed by atoms with Gasteiger partial charge in [-0.25, -0.2) is 4.39 Å². The molecule has 20 heavy (non-hydrogen) atoms. The van der Waals surface area contributed by atoms with Crippen molar-refractivity contribution in [2.45, 2.75) is 50.9 Å². The Morgan fingerprint density at radius 2 is 2.20 bits per heavy atom. The number of benzene rings is 1. The van der Waals surface area contributed by atoms with E-state index in [4.69, 9.17) is 4.74 Å². The summed E-state index contributed by atoms with van der Waals surface area (Å²) in [5.74, 6) is -0.380. The van der Waals surface area contributed by atoms with Crippen LogP contribution in [0.25, 0.3) is 0 Å². The first-order chi connectivity index (χ1) is 9.56. The lowest BCUT2D eigenvalue weighted by Crippen LogP contribution is -2.49. The van der Waals surface area contributed by atoms with Crippen LogP contribution in [0, 0.1) is 5.82 Å². The largest absolute Gasteiger partial charge is 0.481 e. The van der Waals surface area contributed by atoms with E-state index >= 15 is 0 Å². The molecule has 2 rings (SSSR count). The van der Waals surface area contributed by atoms with Gasteiger partial charge in [-0.05, 0) is 31.9 Å². The highest BCUT2D eigenvalue weighted by molar-refractivity contribution is 5.81. The summed E-state index contributed by atoms with van der Waals surface area (Å²) in [6.45, 7) is 1.61. The number of hydrogen-bond acceptors (Lipinski definition) is 3. The third-order valence-electron chi connectivity index (χ3n) is 3.54. The standard InChI is InChI=1S/C15H20FNO3/c1-10(20-12-6-4-5-11(16)9-12)15(19)17-13-7-2-3-8-14(13)18/h4-6,9-10,13-14,18H,2-3,7-8H2,1H3,(H,17,19). The Morgan fingerprint density at radius 1 is 1.45 bits per heavy atom. The van der Waals surface area contributed by atoms with Crippen LogP contribution in [0.3, 0.4) is 0 Å². The summed E-state index contributed by atoms with van der Waals surface area (Å²) in [6.07, 6.45) is 2.26. The SMILES string of the molecule is CC(Oc1cccc(F)c1)C(=O)NC1CCCCC1O. The van der Waals surface area contributed by atoms with Gasteiger partial charge >= 0.3 is 0 Å². The molecule has 0 heterocycles. The molecule has 1 fully saturated rings. The molecule has 0 radical (unpaired) electrons. The maximum atomic E-state index is 13.0. The van der Waals surface area contributed by atoms with E-state index in [0.29, 0.717) is 12.2 Å². The van der Waals surface area contributed by atoms with Crippen molar-refractivity contribution in [2.24, 2.45) is 0 Å². The van der Waals surface area contributed by atoms with Crippen molar-refractivity contribution in [2.75, 3.05) is 0 Å². The first-order valence-electron chi connectivity index (χ1n) is 6.97. The molecule has 2 N–H and O–H groups in total. The maximum Gasteiger partial charge on any atom is 0.261 e. The van der Waals surface area contributed by atoms with E-state index in [-0.39, 0.29) is 11.9 Å². The van der Waals surface area contributed by atoms with Crippen LogP contribution in [-0.4, -0.2) is 29.3 Å². The van der Waals surface area contributed by atoms with E-state index in [9.17, 15) is 14.3 Å². The number of rotatable bonds is 4. The summed E-state index contributed by atoms with van der Waals surface area (Å²) in [7, 11) is 0. The Kier molecular flexibility index (Phi) is 4.95. The molecule has 4 nitrogen and oxygen atoms in total. The van der Waals surface area contributed by atoms with Crippen molar-refractivity contribution in [3.05, 3.63) is 30.1 Å². The lowest BCUT2D eigenvalue weighted by atomic mass is 9.92. The Morgan fingerprint density at radius 3 is 2.90 bits per heavy atom. The van der Waals surface area contributed by atoms with Crippen LogP contribution < -0.4 is 10.1 Å². The van der Waals surface area contributed by atoms with Crippen LogP contribution in [0.1, 0.15) is 32.6 Å². The average Bonchev–Trinajstić information content (AvgIpc) is 2.41. The zero-order chi connectivity index (χ0) is 14.5. The number of carbonyl (C=O) groups excluding carboxylic acids is 1. The first kappa shape index (κ1) is 14.8. The smallest absolute Gasteiger partial charge is 0.261 e. The number of amides is 1. The van der Waals surface area contributed by atoms with Crippen molar-refractivity contribution in [1.29, 1.82) is 0 Å². The highest BCUT2D eigenvalue weighted by atomic mass is 19.1. The second kappa shape index (κ2) is 6.70. The number of carbonyl (C=O) groups is 1. The van der Waals surface area contributed by atoms with E-state index in [1.165, 1.54) is 18.2 Å². The molecule has 0 saturated heterocycles. The van der Waals surface area contributed by atoms with Crippen molar-refractivity contribution < 1.29 is 19.0 Å². The third kappa shape index (κ3) is 3.93. The van der Waals surface area contributed by atoms with E-state index in [1.54, 1.807) is 13.0 Å². The zero-order valence-corrected chi connectivity index (χ0v) is 11.5. The minimum Gasteiger partial charge on any atom is -0.481 e. The van der Waals surface area contributed by atoms with Gasteiger partial charge in [-0.3, -0.25) is 4.79 Å². The molecule has 0 aromatic heterocycles. The normalized spacial score (nSPS) is 23.9. The second-order valence-electron chi connectivity index (χ2n) is 5.18. The number of nitrogens with one attached hydrogen (secondary N) is 1. The van der Waals surface area contributed by atoms with Gasteiger partial charge in [0.05, 0.1) is 12.1 Å². The second-order valence-corrected chi connectivity index (χ2v) is 5.18. The predicted octanol–water partition coefficient (Wildman–Crippen LogP) is 2.01. The number of aliphatic hydroxyl groups excluding tert-OH is 1. The molecule has 1 aromatic carbocycles. The molecular formula is C15H20FNO3. The summed E-state index contributed by atoms with van der Waals surface area (Å²) in [5.41, 5.74) is 0. The van der Waals surface area contributed by atoms with Gasteiger partial charge < -0.3 is 15.2 Å². The Labute approximate surface area is 117 Å². The lowest BCUT2D eigenvalue weighted by molar-refractivity contribution is -0.129. The molecular weight excluding hydrogens is 261 g/mol. The fourth-order valence-electron chi connectivity index (χ4n) is 2.38. The summed E-state index contributed by atoms with van der Waals surface area (Å²) < 4.78 is 18.4. The predicted molar refractivity (Wildman–Crippen MR) is 72.9 cm³/mol. The quantitative estimate of drug-likeness (QED) is 0.887. The highest BCUT2D eigenvalue weighted by Gasteiger charge is 2.26. The Hall–Kier alpha value is -1.62. The van der Waals surface area contributed by atoms with Gasteiger partial charge in [-0.15, -0.1) is 0 Å². The summed E-state index contributed by atoms with van der Waals surface area (Å²) >= 11 is 0. The molecule has 0 spiro atoms. The van der Waals surface area contributed by atoms with Crippen molar-refractivity contribution in [3.8, 4) is 5.75 Å². The van der Waals surface area contributed by atoms with Gasteiger partial charge in [0, 0.05) is 6.07 Å². The number of ether oxygens (including phenoxy) is 1. The molecule has 110 valence electrons. The van der Waals surface area contributed by atoms with E-state index in [0.717, 1.165) is 19.3 Å². The molecule has 1 saturated carbocycles. The Bertz CT molecular complexity index is 466. The lowest BCUT2D eigenvalue weighted by Gasteiger charge is -2.29. The zero-order valence-electron chi connectivity index (χ0n) is 11.5. The Balaban J connectivity index is 1.88. The third-order valence-corrected chi connectivity index (χ3v) is 3.54. The van der Waals surface area contributed by atoms with E-state index in [2.05, 4.69) is 5.32 Å². The van der Waals surface area contributed by atoms with Crippen LogP contribution in [-0.2, 0) is 4.79 Å². The summed E-state index contributed by atoms with van der Waals surface area (Å²) in [4.78, 5) is 12.0. The van der Waals surface area contributed by atoms with Gasteiger partial charge in [0.2, 0.25) is 0 Å². The van der Waals surface area contributed by atoms with Crippen molar-refractivity contribution in [3.63, 3.8) is 0 Å². The first-order valence-corrected chi connectivity index (χ1v) is 6.97. The average molecular weight is 281 g/mol. The van der Waals surface area contributed by atoms with Gasteiger partial charge in [0.1, 0.15) is 11.6 Å². The van der Waals surface area contributed by atoms with Crippen LogP contribution in [0.2, 0.25) is 0 Å². The fourth-order valence-corrected chi connectivity index (χ4v) is 2.38. The number of aliphatic hydroxyl groups is 1. The summed E-state index contributed by atoms with van der Waals surface area (Å²) in [5, 5.41) is 12.6. The molecule has 1 aliphatic rings. The topological polar surface area (TPSA) is 58.6 Å². The van der Waals surface area contributed by atoms with Gasteiger partial charge in [0.15, 0.2) is 6.10 Å². The minimum atomic E-state index is -0.731. The monoisotopic (exact) mass is 281 g/mol. The van der Waals surface area contributed by atoms with Crippen LogP contribution in [0.4, 0.5) is 4.39 Å². The molecule has 1 amide bonds. The highest BCUT2D eigenvalue weighted by Crippen LogP contribution is 2.19. The van der Waals surface area contributed by atoms with E-state index in [1.807, 2.05) is 0 Å². The molecule has 1 aromatic rings. The van der Waals surface area contributed by atoms with Gasteiger partial charge in [-0.1, -0.05) is 18.9 Å². The molecule has 3 atom stereocenters. The molecule has 0 aliphatic heterocycles. The van der Waals surface area contributed by atoms with E-state index < -0.39 is 18.0 Å². The molecule has 1 aliphatic carbocycles. The molecule has 3 unspecified atom stereocenters. The summed E-state index contributed by atoms with van der Waals surface area (Å²) in [6, 6.07) is 5.47. The van der Waals surface area contributed by atoms with Crippen LogP contribution >= 0.6 is 0 Å². The maximum absolute atomic E-state index is 13.0. The van der Waals surface area contributed by atoms with Gasteiger partial charge in [0.25, 0.3) is 5.91 Å². The van der Waals surface area contributed by atoms with Crippen LogP contribution in [0.5, 0.6) is 5.75 Å². The fraction of sp³-hybridized carbons (Fsp3) is 0.533. The van der Waals surface area contributed by atoms with Crippen molar-refractivity contribution in [1.82, 2.24) is 5.32 Å². The van der Waals surface area contributed by atoms with Gasteiger partial charge in [-0.2, -0.15) is 0 Å². The number of halogens is 1. The van der Waals surface area contributed by atoms with Crippen molar-refractivity contribution >= 4 is 5.91 Å². The molecule has 0 bridgehead atoms. The minimum absolute atomic E-state index is 0.213. The molecule has 5 heteroatoms.